The Kier molecular flexibility index (Phi) is 4.06. The number of aryl methyl sites for hydroxylation is 1. The first kappa shape index (κ1) is 15.2. The van der Waals surface area contributed by atoms with E-state index in [-0.39, 0.29) is 5.43 Å². The van der Waals surface area contributed by atoms with Crippen molar-refractivity contribution in [1.82, 2.24) is 0 Å². The van der Waals surface area contributed by atoms with E-state index in [4.69, 9.17) is 13.9 Å². The van der Waals surface area contributed by atoms with Gasteiger partial charge >= 0.3 is 0 Å². The van der Waals surface area contributed by atoms with Gasteiger partial charge in [0.25, 0.3) is 0 Å². The molecule has 0 saturated carbocycles. The van der Waals surface area contributed by atoms with E-state index in [1.165, 1.54) is 6.07 Å². The molecule has 0 aliphatic carbocycles. The fourth-order valence-electron chi connectivity index (χ4n) is 2.51. The minimum Gasteiger partial charge on any atom is -0.493 e. The van der Waals surface area contributed by atoms with Crippen LogP contribution in [0.3, 0.4) is 0 Å². The lowest BCUT2D eigenvalue weighted by molar-refractivity contribution is 0.311. The summed E-state index contributed by atoms with van der Waals surface area (Å²) in [5, 5.41) is 0.589. The van der Waals surface area contributed by atoms with E-state index < -0.39 is 0 Å². The molecular weight excluding hydrogens is 292 g/mol. The van der Waals surface area contributed by atoms with Crippen molar-refractivity contribution in [2.75, 3.05) is 13.7 Å². The van der Waals surface area contributed by atoms with Crippen LogP contribution in [0, 0.1) is 6.92 Å². The van der Waals surface area contributed by atoms with Crippen molar-refractivity contribution in [2.45, 2.75) is 13.8 Å². The molecule has 0 radical (unpaired) electrons. The Bertz CT molecular complexity index is 909. The van der Waals surface area contributed by atoms with E-state index in [1.54, 1.807) is 7.11 Å². The fraction of sp³-hybridized carbons (Fsp3) is 0.211. The number of hydrogen-bond acceptors (Lipinski definition) is 4. The maximum Gasteiger partial charge on any atom is 0.193 e. The molecule has 0 bridgehead atoms. The zero-order chi connectivity index (χ0) is 16.4. The summed E-state index contributed by atoms with van der Waals surface area (Å²) >= 11 is 0. The second-order valence-corrected chi connectivity index (χ2v) is 5.27. The molecule has 3 aromatic rings. The number of ether oxygens (including phenoxy) is 2. The van der Waals surface area contributed by atoms with Crippen molar-refractivity contribution in [3.8, 4) is 22.8 Å². The van der Waals surface area contributed by atoms with Crippen molar-refractivity contribution >= 4 is 11.0 Å². The summed E-state index contributed by atoms with van der Waals surface area (Å²) in [4.78, 5) is 12.3. The lowest BCUT2D eigenvalue weighted by Crippen LogP contribution is -2.01. The van der Waals surface area contributed by atoms with E-state index >= 15 is 0 Å². The number of benzene rings is 2. The predicted octanol–water partition coefficient (Wildman–Crippen LogP) is 4.18. The molecule has 2 aromatic carbocycles. The molecule has 23 heavy (non-hydrogen) atoms. The maximum absolute atomic E-state index is 12.3. The number of methoxy groups -OCH3 is 1. The highest BCUT2D eigenvalue weighted by atomic mass is 16.5. The van der Waals surface area contributed by atoms with Crippen molar-refractivity contribution in [3.63, 3.8) is 0 Å². The minimum atomic E-state index is -0.0576. The third kappa shape index (κ3) is 2.93. The largest absolute Gasteiger partial charge is 0.493 e. The Hall–Kier alpha value is -2.75. The summed E-state index contributed by atoms with van der Waals surface area (Å²) in [5.41, 5.74) is 2.31. The van der Waals surface area contributed by atoms with Crippen LogP contribution in [0.5, 0.6) is 11.5 Å². The molecule has 0 aliphatic heterocycles. The van der Waals surface area contributed by atoms with Gasteiger partial charge in [0.15, 0.2) is 16.9 Å². The van der Waals surface area contributed by atoms with Crippen LogP contribution in [0.2, 0.25) is 0 Å². The SMILES string of the molecule is CCOc1ccc(-c2cc(=O)c3cc(C)ccc3o2)cc1OC. The van der Waals surface area contributed by atoms with E-state index in [2.05, 4.69) is 0 Å². The standard InChI is InChI=1S/C19H18O4/c1-4-22-17-8-6-13(10-19(17)21-3)18-11-15(20)14-9-12(2)5-7-16(14)23-18/h5-11H,4H2,1-3H3. The molecule has 0 spiro atoms. The molecule has 1 heterocycles. The molecule has 3 rings (SSSR count). The lowest BCUT2D eigenvalue weighted by atomic mass is 10.1. The first-order valence-electron chi connectivity index (χ1n) is 7.48. The van der Waals surface area contributed by atoms with E-state index in [0.717, 1.165) is 11.1 Å². The zero-order valence-corrected chi connectivity index (χ0v) is 13.4. The average Bonchev–Trinajstić information content (AvgIpc) is 2.56. The van der Waals surface area contributed by atoms with Crippen molar-refractivity contribution in [2.24, 2.45) is 0 Å². The molecule has 0 amide bonds. The Morgan fingerprint density at radius 3 is 2.61 bits per heavy atom. The maximum atomic E-state index is 12.3. The summed E-state index contributed by atoms with van der Waals surface area (Å²) in [6.07, 6.45) is 0. The normalized spacial score (nSPS) is 10.7. The van der Waals surface area contributed by atoms with Crippen LogP contribution in [0.15, 0.2) is 51.7 Å². The first-order valence-corrected chi connectivity index (χ1v) is 7.48. The van der Waals surface area contributed by atoms with Gasteiger partial charge in [-0.1, -0.05) is 11.6 Å². The van der Waals surface area contributed by atoms with Gasteiger partial charge < -0.3 is 13.9 Å². The summed E-state index contributed by atoms with van der Waals surface area (Å²) < 4.78 is 16.7. The van der Waals surface area contributed by atoms with Crippen LogP contribution in [0.25, 0.3) is 22.3 Å². The number of rotatable bonds is 4. The highest BCUT2D eigenvalue weighted by molar-refractivity contribution is 5.79. The van der Waals surface area contributed by atoms with Gasteiger partial charge in [-0.25, -0.2) is 0 Å². The Morgan fingerprint density at radius 2 is 1.87 bits per heavy atom. The Labute approximate surface area is 134 Å². The van der Waals surface area contributed by atoms with E-state index in [0.29, 0.717) is 34.8 Å². The van der Waals surface area contributed by atoms with Crippen LogP contribution < -0.4 is 14.9 Å². The minimum absolute atomic E-state index is 0.0576. The van der Waals surface area contributed by atoms with Gasteiger partial charge in [0.1, 0.15) is 11.3 Å². The third-order valence-corrected chi connectivity index (χ3v) is 3.63. The number of fused-ring (bicyclic) bond motifs is 1. The summed E-state index contributed by atoms with van der Waals surface area (Å²) in [6, 6.07) is 12.6. The topological polar surface area (TPSA) is 48.7 Å². The second-order valence-electron chi connectivity index (χ2n) is 5.27. The Balaban J connectivity index is 2.13. The fourth-order valence-corrected chi connectivity index (χ4v) is 2.51. The van der Waals surface area contributed by atoms with Crippen LogP contribution in [0.4, 0.5) is 0 Å². The quantitative estimate of drug-likeness (QED) is 0.725. The van der Waals surface area contributed by atoms with E-state index in [9.17, 15) is 4.79 Å². The van der Waals surface area contributed by atoms with Crippen LogP contribution in [0.1, 0.15) is 12.5 Å². The molecule has 0 N–H and O–H groups in total. The van der Waals surface area contributed by atoms with Crippen molar-refractivity contribution in [1.29, 1.82) is 0 Å². The van der Waals surface area contributed by atoms with Gasteiger partial charge in [-0.3, -0.25) is 4.79 Å². The van der Waals surface area contributed by atoms with Gasteiger partial charge in [-0.15, -0.1) is 0 Å². The van der Waals surface area contributed by atoms with Gasteiger partial charge in [0, 0.05) is 11.6 Å². The monoisotopic (exact) mass is 310 g/mol. The average molecular weight is 310 g/mol. The van der Waals surface area contributed by atoms with Crippen molar-refractivity contribution < 1.29 is 13.9 Å². The van der Waals surface area contributed by atoms with Crippen LogP contribution in [-0.2, 0) is 0 Å². The summed E-state index contributed by atoms with van der Waals surface area (Å²) in [6.45, 7) is 4.42. The van der Waals surface area contributed by atoms with Crippen LogP contribution in [-0.4, -0.2) is 13.7 Å². The lowest BCUT2D eigenvalue weighted by Gasteiger charge is -2.11. The van der Waals surface area contributed by atoms with Crippen LogP contribution >= 0.6 is 0 Å². The van der Waals surface area contributed by atoms with Gasteiger partial charge in [-0.2, -0.15) is 0 Å². The predicted molar refractivity (Wildman–Crippen MR) is 90.4 cm³/mol. The molecule has 0 aliphatic rings. The summed E-state index contributed by atoms with van der Waals surface area (Å²) in [5.74, 6) is 1.78. The smallest absolute Gasteiger partial charge is 0.193 e. The molecule has 0 unspecified atom stereocenters. The molecular formula is C19H18O4. The highest BCUT2D eigenvalue weighted by Crippen LogP contribution is 2.33. The summed E-state index contributed by atoms with van der Waals surface area (Å²) in [7, 11) is 1.58. The molecule has 0 saturated heterocycles. The zero-order valence-electron chi connectivity index (χ0n) is 13.4. The number of hydrogen-bond donors (Lipinski definition) is 0. The Morgan fingerprint density at radius 1 is 1.04 bits per heavy atom. The van der Waals surface area contributed by atoms with Gasteiger partial charge in [0.2, 0.25) is 0 Å². The molecule has 4 heteroatoms. The third-order valence-electron chi connectivity index (χ3n) is 3.63. The van der Waals surface area contributed by atoms with Gasteiger partial charge in [0.05, 0.1) is 19.1 Å². The van der Waals surface area contributed by atoms with Gasteiger partial charge in [-0.05, 0) is 44.2 Å². The van der Waals surface area contributed by atoms with Crippen molar-refractivity contribution in [3.05, 3.63) is 58.3 Å². The molecule has 0 fully saturated rings. The van der Waals surface area contributed by atoms with E-state index in [1.807, 2.05) is 50.2 Å². The highest BCUT2D eigenvalue weighted by Gasteiger charge is 2.11. The first-order chi connectivity index (χ1) is 11.1. The molecule has 4 nitrogen and oxygen atoms in total. The molecule has 0 atom stereocenters. The molecule has 118 valence electrons. The molecule has 1 aromatic heterocycles. The second kappa shape index (κ2) is 6.16.